The SMILES string of the molecule is C[C@H](N)CC(=O)Oc1nnnn1CCC#N.Cl. The van der Waals surface area contributed by atoms with E-state index in [0.717, 1.165) is 0 Å². The first-order valence-electron chi connectivity index (χ1n) is 4.73. The monoisotopic (exact) mass is 260 g/mol. The Morgan fingerprint density at radius 2 is 2.41 bits per heavy atom. The van der Waals surface area contributed by atoms with Crippen LogP contribution in [0.5, 0.6) is 6.01 Å². The third kappa shape index (κ3) is 5.24. The van der Waals surface area contributed by atoms with Gasteiger partial charge in [0.05, 0.1) is 25.5 Å². The molecule has 0 amide bonds. The van der Waals surface area contributed by atoms with E-state index in [4.69, 9.17) is 15.7 Å². The number of carbonyl (C=O) groups excluding carboxylic acids is 1. The van der Waals surface area contributed by atoms with Crippen LogP contribution in [0.3, 0.4) is 0 Å². The van der Waals surface area contributed by atoms with Gasteiger partial charge in [0.15, 0.2) is 0 Å². The van der Waals surface area contributed by atoms with Crippen LogP contribution in [-0.4, -0.2) is 32.2 Å². The molecule has 1 aromatic rings. The number of tetrazole rings is 1. The van der Waals surface area contributed by atoms with Crippen molar-refractivity contribution in [2.75, 3.05) is 0 Å². The highest BCUT2D eigenvalue weighted by Crippen LogP contribution is 2.05. The molecule has 94 valence electrons. The van der Waals surface area contributed by atoms with Crippen LogP contribution in [0.4, 0.5) is 0 Å². The first kappa shape index (κ1) is 15.3. The fourth-order valence-corrected chi connectivity index (χ4v) is 0.972. The number of nitrogens with zero attached hydrogens (tertiary/aromatic N) is 5. The smallest absolute Gasteiger partial charge is 0.343 e. The van der Waals surface area contributed by atoms with Crippen molar-refractivity contribution in [1.82, 2.24) is 20.2 Å². The fourth-order valence-electron chi connectivity index (χ4n) is 0.972. The molecule has 0 unspecified atom stereocenters. The molecule has 1 atom stereocenters. The predicted molar refractivity (Wildman–Crippen MR) is 59.2 cm³/mol. The zero-order chi connectivity index (χ0) is 12.0. The van der Waals surface area contributed by atoms with Crippen molar-refractivity contribution >= 4 is 18.4 Å². The predicted octanol–water partition coefficient (Wildman–Crippen LogP) is -0.349. The highest BCUT2D eigenvalue weighted by Gasteiger charge is 2.13. The number of rotatable bonds is 5. The van der Waals surface area contributed by atoms with Gasteiger partial charge in [0.2, 0.25) is 0 Å². The van der Waals surface area contributed by atoms with Crippen molar-refractivity contribution in [3.8, 4) is 12.1 Å². The Morgan fingerprint density at radius 3 is 3.00 bits per heavy atom. The van der Waals surface area contributed by atoms with Crippen molar-refractivity contribution in [2.24, 2.45) is 5.73 Å². The highest BCUT2D eigenvalue weighted by atomic mass is 35.5. The van der Waals surface area contributed by atoms with E-state index in [0.29, 0.717) is 0 Å². The van der Waals surface area contributed by atoms with Gasteiger partial charge in [-0.1, -0.05) is 5.10 Å². The van der Waals surface area contributed by atoms with E-state index in [2.05, 4.69) is 15.5 Å². The Balaban J connectivity index is 0.00000256. The number of aryl methyl sites for hydroxylation is 1. The van der Waals surface area contributed by atoms with E-state index < -0.39 is 5.97 Å². The quantitative estimate of drug-likeness (QED) is 0.719. The van der Waals surface area contributed by atoms with Crippen LogP contribution in [0.15, 0.2) is 0 Å². The van der Waals surface area contributed by atoms with E-state index in [9.17, 15) is 4.79 Å². The second kappa shape index (κ2) is 7.54. The molecule has 0 radical (unpaired) electrons. The normalized spacial score (nSPS) is 11.1. The lowest BCUT2D eigenvalue weighted by molar-refractivity contribution is -0.135. The molecule has 1 aromatic heterocycles. The van der Waals surface area contributed by atoms with Crippen LogP contribution in [0.1, 0.15) is 19.8 Å². The zero-order valence-corrected chi connectivity index (χ0v) is 10.1. The molecule has 9 heteroatoms. The summed E-state index contributed by atoms with van der Waals surface area (Å²) in [6.07, 6.45) is 0.327. The maximum Gasteiger partial charge on any atom is 0.343 e. The van der Waals surface area contributed by atoms with Gasteiger partial charge in [-0.3, -0.25) is 4.79 Å². The molecular formula is C8H13ClN6O2. The van der Waals surface area contributed by atoms with Gasteiger partial charge in [0.25, 0.3) is 0 Å². The molecule has 2 N–H and O–H groups in total. The van der Waals surface area contributed by atoms with Crippen LogP contribution < -0.4 is 10.5 Å². The number of ether oxygens (including phenoxy) is 1. The largest absolute Gasteiger partial charge is 0.390 e. The van der Waals surface area contributed by atoms with E-state index >= 15 is 0 Å². The van der Waals surface area contributed by atoms with Crippen LogP contribution >= 0.6 is 12.4 Å². The number of aromatic nitrogens is 4. The number of nitrogens with two attached hydrogens (primary N) is 1. The van der Waals surface area contributed by atoms with Gasteiger partial charge in [-0.25, -0.2) is 0 Å². The molecule has 1 heterocycles. The molecule has 0 aliphatic rings. The Morgan fingerprint density at radius 1 is 1.71 bits per heavy atom. The van der Waals surface area contributed by atoms with Gasteiger partial charge in [-0.05, 0) is 17.4 Å². The summed E-state index contributed by atoms with van der Waals surface area (Å²) in [6, 6.07) is 1.65. The fraction of sp³-hybridized carbons (Fsp3) is 0.625. The lowest BCUT2D eigenvalue weighted by Gasteiger charge is -2.05. The third-order valence-corrected chi connectivity index (χ3v) is 1.63. The summed E-state index contributed by atoms with van der Waals surface area (Å²) in [5.74, 6) is -0.497. The van der Waals surface area contributed by atoms with Crippen molar-refractivity contribution in [1.29, 1.82) is 5.26 Å². The summed E-state index contributed by atoms with van der Waals surface area (Å²) in [7, 11) is 0. The minimum Gasteiger partial charge on any atom is -0.390 e. The molecule has 0 saturated heterocycles. The van der Waals surface area contributed by atoms with Crippen molar-refractivity contribution in [3.05, 3.63) is 0 Å². The van der Waals surface area contributed by atoms with E-state index in [-0.39, 0.29) is 43.8 Å². The summed E-state index contributed by atoms with van der Waals surface area (Å²) in [6.45, 7) is 1.98. The van der Waals surface area contributed by atoms with E-state index in [1.807, 2.05) is 6.07 Å². The molecule has 1 rings (SSSR count). The van der Waals surface area contributed by atoms with Gasteiger partial charge in [0, 0.05) is 6.04 Å². The molecule has 8 nitrogen and oxygen atoms in total. The van der Waals surface area contributed by atoms with Gasteiger partial charge < -0.3 is 10.5 Å². The molecule has 0 aliphatic carbocycles. The van der Waals surface area contributed by atoms with Crippen LogP contribution in [0.2, 0.25) is 0 Å². The first-order chi connectivity index (χ1) is 7.63. The number of esters is 1. The van der Waals surface area contributed by atoms with Gasteiger partial charge in [-0.15, -0.1) is 12.4 Å². The minimum absolute atomic E-state index is 0. The molecule has 0 bridgehead atoms. The van der Waals surface area contributed by atoms with Crippen molar-refractivity contribution < 1.29 is 9.53 Å². The minimum atomic E-state index is -0.497. The molecule has 0 fully saturated rings. The molecule has 0 aliphatic heterocycles. The van der Waals surface area contributed by atoms with Crippen LogP contribution in [-0.2, 0) is 11.3 Å². The zero-order valence-electron chi connectivity index (χ0n) is 9.24. The summed E-state index contributed by atoms with van der Waals surface area (Å²) < 4.78 is 6.14. The second-order valence-electron chi connectivity index (χ2n) is 3.25. The lowest BCUT2D eigenvalue weighted by atomic mass is 10.3. The van der Waals surface area contributed by atoms with Crippen LogP contribution in [0.25, 0.3) is 0 Å². The summed E-state index contributed by atoms with van der Waals surface area (Å²) in [5, 5.41) is 18.9. The van der Waals surface area contributed by atoms with Gasteiger partial charge in [-0.2, -0.15) is 9.94 Å². The Bertz CT molecular complexity index is 399. The number of nitriles is 1. The van der Waals surface area contributed by atoms with E-state index in [1.54, 1.807) is 6.92 Å². The average molecular weight is 261 g/mol. The van der Waals surface area contributed by atoms with Crippen LogP contribution in [0, 0.1) is 11.3 Å². The maximum absolute atomic E-state index is 11.3. The Labute approximate surface area is 104 Å². The maximum atomic E-state index is 11.3. The summed E-state index contributed by atoms with van der Waals surface area (Å²) in [4.78, 5) is 11.3. The molecule has 17 heavy (non-hydrogen) atoms. The number of hydrogen-bond acceptors (Lipinski definition) is 7. The standard InChI is InChI=1S/C8H12N6O2.ClH/c1-6(10)5-7(15)16-8-11-12-13-14(8)4-2-3-9;/h6H,2,4-5,10H2,1H3;1H/t6-;/m0./s1. The highest BCUT2D eigenvalue weighted by molar-refractivity contribution is 5.85. The van der Waals surface area contributed by atoms with Crippen molar-refractivity contribution in [2.45, 2.75) is 32.4 Å². The number of hydrogen-bond donors (Lipinski definition) is 1. The first-order valence-corrected chi connectivity index (χ1v) is 4.73. The third-order valence-electron chi connectivity index (χ3n) is 1.63. The summed E-state index contributed by atoms with van der Waals surface area (Å²) >= 11 is 0. The van der Waals surface area contributed by atoms with E-state index in [1.165, 1.54) is 4.68 Å². The lowest BCUT2D eigenvalue weighted by Crippen LogP contribution is -2.23. The summed E-state index contributed by atoms with van der Waals surface area (Å²) in [5.41, 5.74) is 5.44. The number of carbonyl (C=O) groups is 1. The van der Waals surface area contributed by atoms with Gasteiger partial charge >= 0.3 is 12.0 Å². The molecular weight excluding hydrogens is 248 g/mol. The Hall–Kier alpha value is -1.72. The molecule has 0 aromatic carbocycles. The van der Waals surface area contributed by atoms with Gasteiger partial charge in [0.1, 0.15) is 0 Å². The molecule has 0 saturated carbocycles. The molecule has 0 spiro atoms. The average Bonchev–Trinajstić information content (AvgIpc) is 2.61. The topological polar surface area (TPSA) is 120 Å². The Kier molecular flexibility index (Phi) is 6.77. The van der Waals surface area contributed by atoms with Crippen molar-refractivity contribution in [3.63, 3.8) is 0 Å². The number of halogens is 1. The second-order valence-corrected chi connectivity index (χ2v) is 3.25.